The van der Waals surface area contributed by atoms with Gasteiger partial charge in [0.05, 0.1) is 13.2 Å². The highest BCUT2D eigenvalue weighted by molar-refractivity contribution is 6.18. The first-order valence-corrected chi connectivity index (χ1v) is 8.72. The van der Waals surface area contributed by atoms with Crippen LogP contribution in [0, 0.1) is 0 Å². The topological polar surface area (TPSA) is 82.1 Å². The van der Waals surface area contributed by atoms with Gasteiger partial charge in [-0.05, 0) is 26.7 Å². The molecule has 0 aromatic rings. The molecule has 1 N–H and O–H groups in total. The van der Waals surface area contributed by atoms with Crippen LogP contribution in [-0.2, 0) is 23.8 Å². The van der Waals surface area contributed by atoms with Gasteiger partial charge in [0.15, 0.2) is 0 Å². The Labute approximate surface area is 149 Å². The third-order valence-electron chi connectivity index (χ3n) is 1.83. The fraction of sp³-hybridized carbons (Fsp3) is 0.867. The SMILES string of the molecule is CCOC(=O)CC.CCOC(=O)COCCCCl.OCCCCl. The maximum atomic E-state index is 10.6. The predicted octanol–water partition coefficient (Wildman–Crippen LogP) is 2.76. The summed E-state index contributed by atoms with van der Waals surface area (Å²) in [7, 11) is 0. The molecule has 0 aliphatic rings. The Morgan fingerprint density at radius 3 is 1.74 bits per heavy atom. The van der Waals surface area contributed by atoms with Gasteiger partial charge < -0.3 is 19.3 Å². The number of halogens is 2. The Kier molecular flexibility index (Phi) is 31.3. The lowest BCUT2D eigenvalue weighted by molar-refractivity contribution is -0.148. The van der Waals surface area contributed by atoms with E-state index >= 15 is 0 Å². The average Bonchev–Trinajstić information content (AvgIpc) is 2.54. The summed E-state index contributed by atoms with van der Waals surface area (Å²) >= 11 is 10.5. The highest BCUT2D eigenvalue weighted by Gasteiger charge is 1.99. The number of hydrogen-bond donors (Lipinski definition) is 1. The van der Waals surface area contributed by atoms with Crippen molar-refractivity contribution >= 4 is 35.1 Å². The van der Waals surface area contributed by atoms with Crippen LogP contribution in [0.4, 0.5) is 0 Å². The molecule has 0 saturated heterocycles. The zero-order valence-corrected chi connectivity index (χ0v) is 15.8. The summed E-state index contributed by atoms with van der Waals surface area (Å²) in [6.07, 6.45) is 1.95. The molecule has 0 aliphatic carbocycles. The molecule has 0 saturated carbocycles. The van der Waals surface area contributed by atoms with E-state index in [2.05, 4.69) is 9.47 Å². The van der Waals surface area contributed by atoms with E-state index < -0.39 is 0 Å². The van der Waals surface area contributed by atoms with Crippen molar-refractivity contribution in [3.05, 3.63) is 0 Å². The number of aliphatic hydroxyl groups is 1. The van der Waals surface area contributed by atoms with E-state index in [4.69, 9.17) is 33.0 Å². The predicted molar refractivity (Wildman–Crippen MR) is 92.1 cm³/mol. The zero-order valence-electron chi connectivity index (χ0n) is 14.3. The van der Waals surface area contributed by atoms with E-state index in [1.807, 2.05) is 0 Å². The van der Waals surface area contributed by atoms with Crippen LogP contribution in [0.2, 0.25) is 0 Å². The lowest BCUT2D eigenvalue weighted by Crippen LogP contribution is -2.12. The van der Waals surface area contributed by atoms with Crippen molar-refractivity contribution in [1.82, 2.24) is 0 Å². The smallest absolute Gasteiger partial charge is 0.332 e. The van der Waals surface area contributed by atoms with Crippen molar-refractivity contribution in [3.63, 3.8) is 0 Å². The first kappa shape index (κ1) is 27.3. The summed E-state index contributed by atoms with van der Waals surface area (Å²) in [5.41, 5.74) is 0. The van der Waals surface area contributed by atoms with Crippen LogP contribution < -0.4 is 0 Å². The standard InChI is InChI=1S/C7H13ClO3.C5H10O2.C3H7ClO/c1-2-11-7(9)6-10-5-3-4-8;1-3-5(6)7-4-2;4-2-1-3-5/h2-6H2,1H3;3-4H2,1-2H3;5H,1-3H2. The van der Waals surface area contributed by atoms with Crippen LogP contribution in [-0.4, -0.2) is 61.8 Å². The van der Waals surface area contributed by atoms with Crippen LogP contribution in [0.25, 0.3) is 0 Å². The molecule has 140 valence electrons. The van der Waals surface area contributed by atoms with Gasteiger partial charge in [-0.1, -0.05) is 6.92 Å². The van der Waals surface area contributed by atoms with Crippen molar-refractivity contribution in [2.45, 2.75) is 40.0 Å². The summed E-state index contributed by atoms with van der Waals surface area (Å²) in [4.78, 5) is 20.8. The molecule has 0 bridgehead atoms. The molecule has 6 nitrogen and oxygen atoms in total. The number of carbonyl (C=O) groups excluding carboxylic acids is 2. The van der Waals surface area contributed by atoms with E-state index in [0.717, 1.165) is 6.42 Å². The highest BCUT2D eigenvalue weighted by Crippen LogP contribution is 1.87. The Morgan fingerprint density at radius 2 is 1.43 bits per heavy atom. The van der Waals surface area contributed by atoms with E-state index in [9.17, 15) is 9.59 Å². The number of alkyl halides is 2. The van der Waals surface area contributed by atoms with Gasteiger partial charge in [-0.3, -0.25) is 4.79 Å². The van der Waals surface area contributed by atoms with Crippen LogP contribution in [0.5, 0.6) is 0 Å². The molecule has 0 atom stereocenters. The number of aliphatic hydroxyl groups excluding tert-OH is 1. The molecule has 0 aromatic heterocycles. The second-order valence-corrected chi connectivity index (χ2v) is 4.58. The van der Waals surface area contributed by atoms with E-state index in [1.54, 1.807) is 20.8 Å². The van der Waals surface area contributed by atoms with Gasteiger partial charge in [0.25, 0.3) is 0 Å². The summed E-state index contributed by atoms with van der Waals surface area (Å²) < 4.78 is 14.1. The summed E-state index contributed by atoms with van der Waals surface area (Å²) in [5.74, 6) is 0.684. The van der Waals surface area contributed by atoms with Gasteiger partial charge in [0.2, 0.25) is 0 Å². The molecule has 0 aromatic carbocycles. The molecule has 0 fully saturated rings. The summed E-state index contributed by atoms with van der Waals surface area (Å²) in [6, 6.07) is 0. The van der Waals surface area contributed by atoms with Crippen LogP contribution in [0.3, 0.4) is 0 Å². The van der Waals surface area contributed by atoms with Crippen molar-refractivity contribution in [1.29, 1.82) is 0 Å². The lowest BCUT2D eigenvalue weighted by atomic mass is 10.5. The number of ether oxygens (including phenoxy) is 3. The summed E-state index contributed by atoms with van der Waals surface area (Å²) in [5, 5.41) is 7.98. The van der Waals surface area contributed by atoms with Gasteiger partial charge in [0.1, 0.15) is 6.61 Å². The molecule has 0 unspecified atom stereocenters. The second-order valence-electron chi connectivity index (χ2n) is 3.82. The van der Waals surface area contributed by atoms with Gasteiger partial charge in [-0.2, -0.15) is 0 Å². The second kappa shape index (κ2) is 26.3. The van der Waals surface area contributed by atoms with Crippen LogP contribution in [0.1, 0.15) is 40.0 Å². The molecule has 23 heavy (non-hydrogen) atoms. The molecule has 0 amide bonds. The third-order valence-corrected chi connectivity index (χ3v) is 2.37. The summed E-state index contributed by atoms with van der Waals surface area (Å²) in [6.45, 7) is 6.99. The minimum absolute atomic E-state index is 0.0325. The van der Waals surface area contributed by atoms with Crippen LogP contribution >= 0.6 is 23.2 Å². The van der Waals surface area contributed by atoms with E-state index in [-0.39, 0.29) is 25.2 Å². The minimum Gasteiger partial charge on any atom is -0.466 e. The van der Waals surface area contributed by atoms with Gasteiger partial charge >= 0.3 is 11.9 Å². The van der Waals surface area contributed by atoms with Gasteiger partial charge in [-0.25, -0.2) is 4.79 Å². The van der Waals surface area contributed by atoms with E-state index in [1.165, 1.54) is 0 Å². The van der Waals surface area contributed by atoms with Crippen molar-refractivity contribution in [3.8, 4) is 0 Å². The fourth-order valence-corrected chi connectivity index (χ4v) is 1.07. The molecular weight excluding hydrogens is 347 g/mol. The molecule has 8 heteroatoms. The molecule has 0 aliphatic heterocycles. The Balaban J connectivity index is -0.000000286. The lowest BCUT2D eigenvalue weighted by Gasteiger charge is -2.01. The van der Waals surface area contributed by atoms with Crippen molar-refractivity contribution < 1.29 is 28.9 Å². The molecule has 0 heterocycles. The molecule has 0 spiro atoms. The molecule has 0 radical (unpaired) electrons. The first-order chi connectivity index (χ1) is 11.0. The Bertz CT molecular complexity index is 250. The molecule has 0 rings (SSSR count). The number of esters is 2. The number of rotatable bonds is 10. The quantitative estimate of drug-likeness (QED) is 0.358. The number of hydrogen-bond acceptors (Lipinski definition) is 6. The highest BCUT2D eigenvalue weighted by atomic mass is 35.5. The zero-order chi connectivity index (χ0) is 18.3. The van der Waals surface area contributed by atoms with Gasteiger partial charge in [-0.15, -0.1) is 23.2 Å². The monoisotopic (exact) mass is 376 g/mol. The first-order valence-electron chi connectivity index (χ1n) is 7.65. The molecular formula is C15H30Cl2O6. The Morgan fingerprint density at radius 1 is 0.913 bits per heavy atom. The maximum Gasteiger partial charge on any atom is 0.332 e. The average molecular weight is 377 g/mol. The third kappa shape index (κ3) is 34.0. The number of carbonyl (C=O) groups is 2. The normalized spacial score (nSPS) is 8.96. The minimum atomic E-state index is -0.318. The van der Waals surface area contributed by atoms with Crippen molar-refractivity contribution in [2.24, 2.45) is 0 Å². The Hall–Kier alpha value is -0.560. The maximum absolute atomic E-state index is 10.6. The van der Waals surface area contributed by atoms with Crippen molar-refractivity contribution in [2.75, 3.05) is 44.8 Å². The van der Waals surface area contributed by atoms with E-state index in [0.29, 0.717) is 44.4 Å². The largest absolute Gasteiger partial charge is 0.466 e. The fourth-order valence-electron chi connectivity index (χ4n) is 0.838. The van der Waals surface area contributed by atoms with Gasteiger partial charge in [0, 0.05) is 31.4 Å². The van der Waals surface area contributed by atoms with Crippen LogP contribution in [0.15, 0.2) is 0 Å².